The summed E-state index contributed by atoms with van der Waals surface area (Å²) in [5.74, 6) is -1.17. The Morgan fingerprint density at radius 3 is 2.50 bits per heavy atom. The van der Waals surface area contributed by atoms with Gasteiger partial charge in [-0.05, 0) is 37.8 Å². The highest BCUT2D eigenvalue weighted by Crippen LogP contribution is 2.34. The molecule has 1 N–H and O–H groups in total. The van der Waals surface area contributed by atoms with Crippen LogP contribution in [0.4, 0.5) is 13.2 Å². The predicted octanol–water partition coefficient (Wildman–Crippen LogP) is 5.05. The standard InChI is InChI=1S/C19H21F3N2O2/c1-3-5-6-7-11-14-17(18(25)26)15(4-2)24(23-14)16-12-9-8-10-13(16)19(20,21)22/h5-6,8-10,12H,3-4,7,11H2,1-2H3,(H,25,26)/b6-5-. The van der Waals surface area contributed by atoms with Crippen molar-refractivity contribution in [3.8, 4) is 5.69 Å². The largest absolute Gasteiger partial charge is 0.478 e. The number of benzene rings is 1. The van der Waals surface area contributed by atoms with Crippen LogP contribution in [0.3, 0.4) is 0 Å². The Balaban J connectivity index is 2.60. The molecule has 4 nitrogen and oxygen atoms in total. The van der Waals surface area contributed by atoms with Gasteiger partial charge in [0.1, 0.15) is 5.56 Å². The summed E-state index contributed by atoms with van der Waals surface area (Å²) in [6.07, 6.45) is 1.37. The number of hydrogen-bond donors (Lipinski definition) is 1. The molecule has 0 aliphatic carbocycles. The number of aromatic carboxylic acids is 1. The van der Waals surface area contributed by atoms with Gasteiger partial charge in [0.05, 0.1) is 22.6 Å². The van der Waals surface area contributed by atoms with Crippen LogP contribution in [-0.2, 0) is 19.0 Å². The average molecular weight is 366 g/mol. The van der Waals surface area contributed by atoms with E-state index < -0.39 is 17.7 Å². The lowest BCUT2D eigenvalue weighted by Gasteiger charge is -2.14. The van der Waals surface area contributed by atoms with Crippen molar-refractivity contribution in [1.29, 1.82) is 0 Å². The summed E-state index contributed by atoms with van der Waals surface area (Å²) in [4.78, 5) is 11.7. The minimum Gasteiger partial charge on any atom is -0.478 e. The third-order valence-electron chi connectivity index (χ3n) is 3.99. The second-order valence-corrected chi connectivity index (χ2v) is 5.77. The molecule has 7 heteroatoms. The summed E-state index contributed by atoms with van der Waals surface area (Å²) in [7, 11) is 0. The van der Waals surface area contributed by atoms with Gasteiger partial charge in [-0.15, -0.1) is 0 Å². The van der Waals surface area contributed by atoms with E-state index in [0.717, 1.165) is 17.2 Å². The lowest BCUT2D eigenvalue weighted by molar-refractivity contribution is -0.137. The number of nitrogens with zero attached hydrogens (tertiary/aromatic N) is 2. The molecule has 1 heterocycles. The van der Waals surface area contributed by atoms with Gasteiger partial charge in [-0.3, -0.25) is 0 Å². The molecule has 2 aromatic rings. The van der Waals surface area contributed by atoms with E-state index in [4.69, 9.17) is 0 Å². The fourth-order valence-corrected chi connectivity index (χ4v) is 2.85. The van der Waals surface area contributed by atoms with E-state index in [0.29, 0.717) is 18.5 Å². The second-order valence-electron chi connectivity index (χ2n) is 5.77. The van der Waals surface area contributed by atoms with Crippen molar-refractivity contribution < 1.29 is 23.1 Å². The number of para-hydroxylation sites is 1. The number of aryl methyl sites for hydroxylation is 1. The summed E-state index contributed by atoms with van der Waals surface area (Å²) in [5.41, 5.74) is -0.439. The minimum absolute atomic E-state index is 0.00521. The van der Waals surface area contributed by atoms with Gasteiger partial charge >= 0.3 is 12.1 Å². The number of halogens is 3. The molecule has 0 fully saturated rings. The number of alkyl halides is 3. The first-order chi connectivity index (χ1) is 12.3. The van der Waals surface area contributed by atoms with Crippen LogP contribution in [0.5, 0.6) is 0 Å². The first-order valence-corrected chi connectivity index (χ1v) is 8.46. The molecular weight excluding hydrogens is 345 g/mol. The normalized spacial score (nSPS) is 12.0. The van der Waals surface area contributed by atoms with E-state index in [1.54, 1.807) is 6.92 Å². The molecule has 26 heavy (non-hydrogen) atoms. The number of carboxylic acids is 1. The lowest BCUT2D eigenvalue weighted by Crippen LogP contribution is -2.13. The van der Waals surface area contributed by atoms with E-state index in [1.165, 1.54) is 18.2 Å². The molecule has 140 valence electrons. The molecular formula is C19H21F3N2O2. The van der Waals surface area contributed by atoms with Crippen LogP contribution in [0, 0.1) is 0 Å². The number of hydrogen-bond acceptors (Lipinski definition) is 2. The summed E-state index contributed by atoms with van der Waals surface area (Å²) >= 11 is 0. The highest BCUT2D eigenvalue weighted by molar-refractivity contribution is 5.90. The maximum atomic E-state index is 13.4. The summed E-state index contributed by atoms with van der Waals surface area (Å²) in [6.45, 7) is 3.69. The van der Waals surface area contributed by atoms with Gasteiger partial charge in [-0.2, -0.15) is 18.3 Å². The molecule has 0 aliphatic heterocycles. The molecule has 2 rings (SSSR count). The Morgan fingerprint density at radius 1 is 1.23 bits per heavy atom. The molecule has 0 amide bonds. The maximum Gasteiger partial charge on any atom is 0.418 e. The van der Waals surface area contributed by atoms with Crippen LogP contribution in [0.1, 0.15) is 54.0 Å². The van der Waals surface area contributed by atoms with Crippen molar-refractivity contribution in [3.63, 3.8) is 0 Å². The van der Waals surface area contributed by atoms with Crippen molar-refractivity contribution in [2.45, 2.75) is 45.7 Å². The van der Waals surface area contributed by atoms with E-state index in [2.05, 4.69) is 5.10 Å². The van der Waals surface area contributed by atoms with Crippen molar-refractivity contribution >= 4 is 5.97 Å². The van der Waals surface area contributed by atoms with Gasteiger partial charge in [-0.25, -0.2) is 9.48 Å². The Morgan fingerprint density at radius 2 is 1.92 bits per heavy atom. The van der Waals surface area contributed by atoms with E-state index in [1.807, 2.05) is 19.1 Å². The molecule has 0 bridgehead atoms. The Labute approximate surface area is 150 Å². The van der Waals surface area contributed by atoms with Gasteiger partial charge in [-0.1, -0.05) is 38.1 Å². The monoisotopic (exact) mass is 366 g/mol. The van der Waals surface area contributed by atoms with Crippen LogP contribution < -0.4 is 0 Å². The first kappa shape index (κ1) is 19.8. The van der Waals surface area contributed by atoms with Crippen molar-refractivity contribution in [2.24, 2.45) is 0 Å². The Bertz CT molecular complexity index is 808. The Hall–Kier alpha value is -2.57. The van der Waals surface area contributed by atoms with Crippen molar-refractivity contribution in [1.82, 2.24) is 9.78 Å². The molecule has 0 atom stereocenters. The molecule has 0 spiro atoms. The first-order valence-electron chi connectivity index (χ1n) is 8.46. The maximum absolute atomic E-state index is 13.4. The molecule has 0 saturated carbocycles. The second kappa shape index (κ2) is 8.21. The summed E-state index contributed by atoms with van der Waals surface area (Å²) in [6, 6.07) is 5.06. The quantitative estimate of drug-likeness (QED) is 0.698. The molecule has 0 radical (unpaired) electrons. The lowest BCUT2D eigenvalue weighted by atomic mass is 10.1. The zero-order valence-electron chi connectivity index (χ0n) is 14.7. The van der Waals surface area contributed by atoms with Crippen LogP contribution in [0.2, 0.25) is 0 Å². The summed E-state index contributed by atoms with van der Waals surface area (Å²) in [5, 5.41) is 13.8. The number of carboxylic acid groups (broad SMARTS) is 1. The SMILES string of the molecule is CC/C=C\CCc1nn(-c2ccccc2C(F)(F)F)c(CC)c1C(=O)O. The Kier molecular flexibility index (Phi) is 6.23. The number of aromatic nitrogens is 2. The van der Waals surface area contributed by atoms with Gasteiger partial charge in [0, 0.05) is 0 Å². The molecule has 0 unspecified atom stereocenters. The minimum atomic E-state index is -4.55. The third-order valence-corrected chi connectivity index (χ3v) is 3.99. The smallest absolute Gasteiger partial charge is 0.418 e. The van der Waals surface area contributed by atoms with Crippen LogP contribution in [-0.4, -0.2) is 20.9 Å². The zero-order valence-corrected chi connectivity index (χ0v) is 14.7. The highest BCUT2D eigenvalue weighted by atomic mass is 19.4. The average Bonchev–Trinajstić information content (AvgIpc) is 2.96. The van der Waals surface area contributed by atoms with Crippen LogP contribution in [0.25, 0.3) is 5.69 Å². The van der Waals surface area contributed by atoms with Crippen molar-refractivity contribution in [3.05, 3.63) is 58.9 Å². The van der Waals surface area contributed by atoms with Crippen LogP contribution >= 0.6 is 0 Å². The predicted molar refractivity (Wildman–Crippen MR) is 92.7 cm³/mol. The fraction of sp³-hybridized carbons (Fsp3) is 0.368. The fourth-order valence-electron chi connectivity index (χ4n) is 2.85. The molecule has 0 saturated heterocycles. The van der Waals surface area contributed by atoms with Gasteiger partial charge in [0.15, 0.2) is 0 Å². The van der Waals surface area contributed by atoms with Gasteiger partial charge < -0.3 is 5.11 Å². The van der Waals surface area contributed by atoms with Crippen molar-refractivity contribution in [2.75, 3.05) is 0 Å². The number of rotatable bonds is 7. The number of allylic oxidation sites excluding steroid dienone is 2. The molecule has 1 aromatic heterocycles. The number of carbonyl (C=O) groups is 1. The van der Waals surface area contributed by atoms with E-state index in [9.17, 15) is 23.1 Å². The van der Waals surface area contributed by atoms with Gasteiger partial charge in [0.25, 0.3) is 0 Å². The molecule has 0 aliphatic rings. The third kappa shape index (κ3) is 4.15. The van der Waals surface area contributed by atoms with E-state index in [-0.39, 0.29) is 23.4 Å². The zero-order chi connectivity index (χ0) is 19.3. The van der Waals surface area contributed by atoms with E-state index >= 15 is 0 Å². The van der Waals surface area contributed by atoms with Crippen LogP contribution in [0.15, 0.2) is 36.4 Å². The topological polar surface area (TPSA) is 55.1 Å². The molecule has 1 aromatic carbocycles. The summed E-state index contributed by atoms with van der Waals surface area (Å²) < 4.78 is 41.2. The highest BCUT2D eigenvalue weighted by Gasteiger charge is 2.35. The van der Waals surface area contributed by atoms with Gasteiger partial charge in [0.2, 0.25) is 0 Å².